The molecule has 0 fully saturated rings. The van der Waals surface area contributed by atoms with Gasteiger partial charge in [0.15, 0.2) is 0 Å². The van der Waals surface area contributed by atoms with E-state index >= 15 is 0 Å². The highest BCUT2D eigenvalue weighted by atomic mass is 16.1. The zero-order valence-electron chi connectivity index (χ0n) is 13.6. The van der Waals surface area contributed by atoms with Gasteiger partial charge < -0.3 is 11.1 Å². The third kappa shape index (κ3) is 4.36. The van der Waals surface area contributed by atoms with Gasteiger partial charge in [-0.3, -0.25) is 4.79 Å². The summed E-state index contributed by atoms with van der Waals surface area (Å²) in [5.74, 6) is 0.350. The lowest BCUT2D eigenvalue weighted by Crippen LogP contribution is -2.11. The minimum Gasteiger partial charge on any atom is -0.366 e. The van der Waals surface area contributed by atoms with E-state index in [2.05, 4.69) is 20.3 Å². The van der Waals surface area contributed by atoms with E-state index in [0.717, 1.165) is 11.1 Å². The first-order valence-corrected chi connectivity index (χ1v) is 7.63. The molecular formula is C18H23N5O. The number of rotatable bonds is 4. The van der Waals surface area contributed by atoms with Gasteiger partial charge in [0.25, 0.3) is 0 Å². The number of amides is 1. The fourth-order valence-corrected chi connectivity index (χ4v) is 1.94. The molecule has 1 aromatic carbocycles. The molecular weight excluding hydrogens is 302 g/mol. The molecule has 3 aromatic rings. The van der Waals surface area contributed by atoms with Gasteiger partial charge in [-0.2, -0.15) is 0 Å². The molecule has 0 aliphatic carbocycles. The maximum absolute atomic E-state index is 11.1. The summed E-state index contributed by atoms with van der Waals surface area (Å²) in [6.45, 7) is 4.00. The molecule has 0 bridgehead atoms. The highest BCUT2D eigenvalue weighted by Crippen LogP contribution is 2.18. The van der Waals surface area contributed by atoms with Crippen LogP contribution >= 0.6 is 0 Å². The molecule has 0 saturated heterocycles. The van der Waals surface area contributed by atoms with Gasteiger partial charge >= 0.3 is 0 Å². The van der Waals surface area contributed by atoms with Crippen LogP contribution in [-0.2, 0) is 0 Å². The highest BCUT2D eigenvalue weighted by molar-refractivity contribution is 5.93. The van der Waals surface area contributed by atoms with Crippen LogP contribution in [0.4, 0.5) is 11.8 Å². The van der Waals surface area contributed by atoms with Crippen molar-refractivity contribution in [3.05, 3.63) is 66.6 Å². The summed E-state index contributed by atoms with van der Waals surface area (Å²) in [5.41, 5.74) is 7.57. The molecule has 126 valence electrons. The second kappa shape index (κ2) is 8.38. The molecule has 2 aromatic heterocycles. The Bertz CT molecular complexity index is 798. The quantitative estimate of drug-likeness (QED) is 0.758. The van der Waals surface area contributed by atoms with Crippen LogP contribution in [0.3, 0.4) is 0 Å². The van der Waals surface area contributed by atoms with E-state index in [1.165, 1.54) is 6.20 Å². The maximum Gasteiger partial charge on any atom is 0.248 e. The Hall–Kier alpha value is -3.28. The first-order valence-electron chi connectivity index (χ1n) is 7.63. The van der Waals surface area contributed by atoms with Gasteiger partial charge in [-0.05, 0) is 17.7 Å². The summed E-state index contributed by atoms with van der Waals surface area (Å²) >= 11 is 0. The molecule has 0 saturated carbocycles. The molecule has 0 atom stereocenters. The number of nitrogens with zero attached hydrogens (tertiary/aromatic N) is 3. The summed E-state index contributed by atoms with van der Waals surface area (Å²) in [5, 5.41) is 2.94. The Morgan fingerprint density at radius 1 is 1.00 bits per heavy atom. The van der Waals surface area contributed by atoms with E-state index in [-0.39, 0.29) is 2.85 Å². The normalized spacial score (nSPS) is 9.58. The van der Waals surface area contributed by atoms with Crippen molar-refractivity contribution in [1.82, 2.24) is 15.0 Å². The van der Waals surface area contributed by atoms with E-state index in [4.69, 9.17) is 5.73 Å². The molecule has 0 radical (unpaired) electrons. The van der Waals surface area contributed by atoms with Crippen LogP contribution < -0.4 is 11.1 Å². The van der Waals surface area contributed by atoms with Crippen LogP contribution in [0.5, 0.6) is 0 Å². The van der Waals surface area contributed by atoms with Crippen molar-refractivity contribution in [2.75, 3.05) is 5.32 Å². The number of carbonyl (C=O) groups is 1. The minimum atomic E-state index is -0.509. The monoisotopic (exact) mass is 325 g/mol. The number of hydrogen-bond donors (Lipinski definition) is 2. The van der Waals surface area contributed by atoms with Crippen LogP contribution in [0.1, 0.15) is 27.1 Å². The molecule has 24 heavy (non-hydrogen) atoms. The van der Waals surface area contributed by atoms with Crippen molar-refractivity contribution in [1.29, 1.82) is 0 Å². The number of hydrogen-bond acceptors (Lipinski definition) is 5. The van der Waals surface area contributed by atoms with E-state index in [1.54, 1.807) is 24.5 Å². The summed E-state index contributed by atoms with van der Waals surface area (Å²) < 4.78 is 0. The smallest absolute Gasteiger partial charge is 0.248 e. The summed E-state index contributed by atoms with van der Waals surface area (Å²) in [6, 6.07) is 13.0. The first kappa shape index (κ1) is 17.1. The average Bonchev–Trinajstić information content (AvgIpc) is 2.65. The second-order valence-electron chi connectivity index (χ2n) is 4.58. The Kier molecular flexibility index (Phi) is 5.96. The number of primary amides is 1. The van der Waals surface area contributed by atoms with Crippen LogP contribution in [0.15, 0.2) is 61.1 Å². The standard InChI is InChI=1S/C16H13N5O.C2H6.2H2/c17-15(22)12-6-7-18-14(8-12)21-16-19-9-13(10-20-16)11-4-2-1-3-5-11;1-2;;/h1-10H,(H2,17,22)(H,18,19,20,21);1-2H3;2*1H. The number of aromatic nitrogens is 3. The van der Waals surface area contributed by atoms with Crippen molar-refractivity contribution >= 4 is 17.7 Å². The summed E-state index contributed by atoms with van der Waals surface area (Å²) in [4.78, 5) is 23.7. The van der Waals surface area contributed by atoms with E-state index < -0.39 is 5.91 Å². The molecule has 0 unspecified atom stereocenters. The predicted molar refractivity (Wildman–Crippen MR) is 99.1 cm³/mol. The van der Waals surface area contributed by atoms with Crippen molar-refractivity contribution in [3.8, 4) is 11.1 Å². The largest absolute Gasteiger partial charge is 0.366 e. The predicted octanol–water partition coefficient (Wildman–Crippen LogP) is 3.90. The zero-order valence-corrected chi connectivity index (χ0v) is 13.6. The summed E-state index contributed by atoms with van der Waals surface area (Å²) in [7, 11) is 0. The minimum absolute atomic E-state index is 0. The van der Waals surface area contributed by atoms with Crippen molar-refractivity contribution in [2.24, 2.45) is 5.73 Å². The lowest BCUT2D eigenvalue weighted by molar-refractivity contribution is 0.1000. The second-order valence-corrected chi connectivity index (χ2v) is 4.58. The highest BCUT2D eigenvalue weighted by Gasteiger charge is 2.04. The Morgan fingerprint density at radius 2 is 1.67 bits per heavy atom. The Morgan fingerprint density at radius 3 is 2.29 bits per heavy atom. The average molecular weight is 325 g/mol. The van der Waals surface area contributed by atoms with Crippen molar-refractivity contribution in [2.45, 2.75) is 13.8 Å². The third-order valence-electron chi connectivity index (χ3n) is 3.04. The first-order chi connectivity index (χ1) is 11.7. The van der Waals surface area contributed by atoms with E-state index in [0.29, 0.717) is 17.3 Å². The van der Waals surface area contributed by atoms with Gasteiger partial charge in [0.2, 0.25) is 11.9 Å². The summed E-state index contributed by atoms with van der Waals surface area (Å²) in [6.07, 6.45) is 4.95. The molecule has 0 spiro atoms. The van der Waals surface area contributed by atoms with Crippen LogP contribution in [0.25, 0.3) is 11.1 Å². The van der Waals surface area contributed by atoms with Gasteiger partial charge in [-0.15, -0.1) is 0 Å². The SMILES string of the molecule is CC.NC(=O)c1ccnc(Nc2ncc(-c3ccccc3)cn2)c1.[HH].[HH]. The topological polar surface area (TPSA) is 93.8 Å². The van der Waals surface area contributed by atoms with Crippen LogP contribution in [-0.4, -0.2) is 20.9 Å². The van der Waals surface area contributed by atoms with Gasteiger partial charge in [0, 0.05) is 32.6 Å². The Balaban J connectivity index is 0.00000151. The molecule has 1 amide bonds. The third-order valence-corrected chi connectivity index (χ3v) is 3.04. The van der Waals surface area contributed by atoms with Gasteiger partial charge in [-0.25, -0.2) is 15.0 Å². The van der Waals surface area contributed by atoms with Crippen molar-refractivity contribution < 1.29 is 7.65 Å². The fraction of sp³-hybridized carbons (Fsp3) is 0.111. The fourth-order valence-electron chi connectivity index (χ4n) is 1.94. The number of carbonyl (C=O) groups excluding carboxylic acids is 1. The molecule has 3 N–H and O–H groups in total. The molecule has 2 heterocycles. The molecule has 6 heteroatoms. The molecule has 0 aliphatic heterocycles. The van der Waals surface area contributed by atoms with E-state index in [1.807, 2.05) is 44.2 Å². The van der Waals surface area contributed by atoms with Gasteiger partial charge in [0.1, 0.15) is 5.82 Å². The number of anilines is 2. The Labute approximate surface area is 143 Å². The maximum atomic E-state index is 11.1. The van der Waals surface area contributed by atoms with Gasteiger partial charge in [-0.1, -0.05) is 44.2 Å². The zero-order chi connectivity index (χ0) is 17.4. The number of pyridine rings is 1. The van der Waals surface area contributed by atoms with Crippen molar-refractivity contribution in [3.63, 3.8) is 0 Å². The number of benzene rings is 1. The molecule has 3 rings (SSSR count). The molecule has 0 aliphatic rings. The molecule has 6 nitrogen and oxygen atoms in total. The van der Waals surface area contributed by atoms with E-state index in [9.17, 15) is 4.79 Å². The van der Waals surface area contributed by atoms with Gasteiger partial charge in [0.05, 0.1) is 0 Å². The lowest BCUT2D eigenvalue weighted by atomic mass is 10.1. The van der Waals surface area contributed by atoms with Crippen LogP contribution in [0.2, 0.25) is 0 Å². The van der Waals surface area contributed by atoms with Crippen LogP contribution in [0, 0.1) is 0 Å². The lowest BCUT2D eigenvalue weighted by Gasteiger charge is -2.06. The number of nitrogens with one attached hydrogen (secondary N) is 1. The number of nitrogens with two attached hydrogens (primary N) is 1.